The maximum atomic E-state index is 5.80. The number of anilines is 1. The molecular weight excluding hydrogens is 232 g/mol. The molecule has 0 aliphatic rings. The lowest BCUT2D eigenvalue weighted by molar-refractivity contribution is 1.30. The average Bonchev–Trinajstić information content (AvgIpc) is 2.82. The summed E-state index contributed by atoms with van der Waals surface area (Å²) in [6.45, 7) is 4.08. The van der Waals surface area contributed by atoms with Gasteiger partial charge in [0, 0.05) is 6.20 Å². The van der Waals surface area contributed by atoms with Crippen LogP contribution in [-0.4, -0.2) is 15.0 Å². The maximum Gasteiger partial charge on any atom is 0.178 e. The Labute approximate surface area is 103 Å². The van der Waals surface area contributed by atoms with Gasteiger partial charge in [-0.05, 0) is 37.1 Å². The molecule has 0 spiro atoms. The van der Waals surface area contributed by atoms with Crippen LogP contribution in [0, 0.1) is 13.8 Å². The number of nitrogen functional groups attached to an aromatic ring is 1. The summed E-state index contributed by atoms with van der Waals surface area (Å²) < 4.78 is 0. The number of nitrogens with two attached hydrogens (primary N) is 1. The molecule has 86 valence electrons. The molecular formula is C12H12N4S. The normalized spacial score (nSPS) is 11.2. The first-order chi connectivity index (χ1) is 8.15. The highest BCUT2D eigenvalue weighted by Gasteiger charge is 2.12. The number of rotatable bonds is 1. The molecule has 0 unspecified atom stereocenters. The van der Waals surface area contributed by atoms with E-state index in [9.17, 15) is 0 Å². The number of hydrogen-bond donors (Lipinski definition) is 2. The molecule has 0 amide bonds. The van der Waals surface area contributed by atoms with Crippen LogP contribution in [0.1, 0.15) is 11.1 Å². The van der Waals surface area contributed by atoms with Crippen molar-refractivity contribution < 1.29 is 0 Å². The van der Waals surface area contributed by atoms with Gasteiger partial charge < -0.3 is 10.7 Å². The monoisotopic (exact) mass is 244 g/mol. The number of aryl methyl sites for hydroxylation is 2. The van der Waals surface area contributed by atoms with Crippen molar-refractivity contribution in [3.05, 3.63) is 29.5 Å². The summed E-state index contributed by atoms with van der Waals surface area (Å²) in [5.74, 6) is 0.848. The Morgan fingerprint density at radius 2 is 2.12 bits per heavy atom. The van der Waals surface area contributed by atoms with Crippen molar-refractivity contribution in [2.45, 2.75) is 13.8 Å². The molecule has 0 fully saturated rings. The molecule has 3 heterocycles. The lowest BCUT2D eigenvalue weighted by Crippen LogP contribution is -1.78. The molecule has 0 aliphatic heterocycles. The minimum absolute atomic E-state index is 0.756. The number of H-pyrrole nitrogens is 1. The first kappa shape index (κ1) is 10.3. The number of imidazole rings is 1. The van der Waals surface area contributed by atoms with Gasteiger partial charge in [0.1, 0.15) is 0 Å². The van der Waals surface area contributed by atoms with Gasteiger partial charge in [0.25, 0.3) is 0 Å². The van der Waals surface area contributed by atoms with E-state index in [1.165, 1.54) is 0 Å². The highest BCUT2D eigenvalue weighted by Crippen LogP contribution is 2.33. The van der Waals surface area contributed by atoms with Crippen LogP contribution >= 0.6 is 11.3 Å². The van der Waals surface area contributed by atoms with Gasteiger partial charge in [0.15, 0.2) is 11.5 Å². The summed E-state index contributed by atoms with van der Waals surface area (Å²) in [7, 11) is 0. The molecule has 0 radical (unpaired) electrons. The Morgan fingerprint density at radius 3 is 2.76 bits per heavy atom. The van der Waals surface area contributed by atoms with Gasteiger partial charge in [-0.25, -0.2) is 9.97 Å². The van der Waals surface area contributed by atoms with Crippen molar-refractivity contribution in [2.24, 2.45) is 0 Å². The zero-order chi connectivity index (χ0) is 12.0. The lowest BCUT2D eigenvalue weighted by Gasteiger charge is -1.92. The zero-order valence-electron chi connectivity index (χ0n) is 9.61. The van der Waals surface area contributed by atoms with E-state index in [0.29, 0.717) is 0 Å². The van der Waals surface area contributed by atoms with E-state index in [-0.39, 0.29) is 0 Å². The minimum atomic E-state index is 0.756. The van der Waals surface area contributed by atoms with Crippen LogP contribution in [0.4, 0.5) is 5.00 Å². The van der Waals surface area contributed by atoms with Crippen molar-refractivity contribution >= 4 is 27.5 Å². The third kappa shape index (κ3) is 1.59. The van der Waals surface area contributed by atoms with Gasteiger partial charge in [-0.15, -0.1) is 11.3 Å². The van der Waals surface area contributed by atoms with Gasteiger partial charge in [-0.1, -0.05) is 0 Å². The van der Waals surface area contributed by atoms with E-state index < -0.39 is 0 Å². The Balaban J connectivity index is 2.25. The van der Waals surface area contributed by atoms with E-state index in [4.69, 9.17) is 5.73 Å². The van der Waals surface area contributed by atoms with Crippen LogP contribution in [-0.2, 0) is 0 Å². The number of aromatic amines is 1. The molecule has 0 saturated carbocycles. The van der Waals surface area contributed by atoms with Crippen LogP contribution in [0.3, 0.4) is 0 Å². The van der Waals surface area contributed by atoms with Crippen LogP contribution in [0.2, 0.25) is 0 Å². The number of pyridine rings is 1. The average molecular weight is 244 g/mol. The van der Waals surface area contributed by atoms with Crippen molar-refractivity contribution in [2.75, 3.05) is 5.73 Å². The number of hydrogen-bond acceptors (Lipinski definition) is 4. The number of nitrogens with one attached hydrogen (secondary N) is 1. The van der Waals surface area contributed by atoms with Gasteiger partial charge in [0.2, 0.25) is 0 Å². The molecule has 3 aromatic heterocycles. The second-order valence-electron chi connectivity index (χ2n) is 4.07. The fourth-order valence-corrected chi connectivity index (χ4v) is 2.77. The molecule has 0 saturated heterocycles. The predicted molar refractivity (Wildman–Crippen MR) is 71.1 cm³/mol. The summed E-state index contributed by atoms with van der Waals surface area (Å²) in [6.07, 6.45) is 1.78. The molecule has 0 aromatic carbocycles. The summed E-state index contributed by atoms with van der Waals surface area (Å²) in [5.41, 5.74) is 9.84. The van der Waals surface area contributed by atoms with E-state index in [1.54, 1.807) is 17.5 Å². The first-order valence-electron chi connectivity index (χ1n) is 5.33. The number of aromatic nitrogens is 3. The van der Waals surface area contributed by atoms with E-state index in [1.807, 2.05) is 26.0 Å². The van der Waals surface area contributed by atoms with Gasteiger partial charge >= 0.3 is 0 Å². The quantitative estimate of drug-likeness (QED) is 0.691. The third-order valence-electron chi connectivity index (χ3n) is 2.75. The summed E-state index contributed by atoms with van der Waals surface area (Å²) in [6, 6.07) is 3.94. The molecule has 0 bridgehead atoms. The number of fused-ring (bicyclic) bond motifs is 1. The van der Waals surface area contributed by atoms with Crippen LogP contribution in [0.5, 0.6) is 0 Å². The summed E-state index contributed by atoms with van der Waals surface area (Å²) in [5, 5.41) is 0.808. The van der Waals surface area contributed by atoms with Crippen molar-refractivity contribution in [1.29, 1.82) is 0 Å². The Bertz CT molecular complexity index is 696. The highest BCUT2D eigenvalue weighted by atomic mass is 32.1. The summed E-state index contributed by atoms with van der Waals surface area (Å²) >= 11 is 1.54. The highest BCUT2D eigenvalue weighted by molar-refractivity contribution is 7.19. The molecule has 3 aromatic rings. The number of thiophene rings is 1. The zero-order valence-corrected chi connectivity index (χ0v) is 10.4. The Hall–Kier alpha value is -1.88. The molecule has 4 nitrogen and oxygen atoms in total. The smallest absolute Gasteiger partial charge is 0.178 e. The van der Waals surface area contributed by atoms with E-state index in [2.05, 4.69) is 15.0 Å². The van der Waals surface area contributed by atoms with Crippen molar-refractivity contribution in [1.82, 2.24) is 15.0 Å². The van der Waals surface area contributed by atoms with Crippen LogP contribution in [0.25, 0.3) is 21.9 Å². The first-order valence-corrected chi connectivity index (χ1v) is 6.14. The van der Waals surface area contributed by atoms with E-state index >= 15 is 0 Å². The molecule has 0 atom stereocenters. The largest absolute Gasteiger partial charge is 0.391 e. The fraction of sp³-hybridized carbons (Fsp3) is 0.167. The molecule has 3 N–H and O–H groups in total. The molecule has 3 rings (SSSR count). The van der Waals surface area contributed by atoms with Crippen molar-refractivity contribution in [3.8, 4) is 10.7 Å². The van der Waals surface area contributed by atoms with Crippen LogP contribution < -0.4 is 5.73 Å². The molecule has 5 heteroatoms. The molecule has 0 aliphatic carbocycles. The Kier molecular flexibility index (Phi) is 2.16. The van der Waals surface area contributed by atoms with Gasteiger partial charge in [-0.3, -0.25) is 0 Å². The van der Waals surface area contributed by atoms with Crippen LogP contribution in [0.15, 0.2) is 18.3 Å². The second kappa shape index (κ2) is 3.56. The predicted octanol–water partition coefficient (Wildman–Crippen LogP) is 2.89. The topological polar surface area (TPSA) is 67.6 Å². The van der Waals surface area contributed by atoms with E-state index in [0.717, 1.165) is 38.0 Å². The maximum absolute atomic E-state index is 5.80. The lowest BCUT2D eigenvalue weighted by atomic mass is 10.3. The van der Waals surface area contributed by atoms with Gasteiger partial charge in [-0.2, -0.15) is 0 Å². The standard InChI is InChI=1S/C12H12N4S/c1-6-3-4-14-11-9(6)15-12(16-11)10-7(2)5-8(13)17-10/h3-5H,13H2,1-2H3,(H,14,15,16). The SMILES string of the molecule is Cc1cc(N)sc1-c1nc2nccc(C)c2[nH]1. The third-order valence-corrected chi connectivity index (χ3v) is 3.83. The second-order valence-corrected chi connectivity index (χ2v) is 5.16. The minimum Gasteiger partial charge on any atom is -0.391 e. The van der Waals surface area contributed by atoms with Crippen molar-refractivity contribution in [3.63, 3.8) is 0 Å². The number of nitrogens with zero attached hydrogens (tertiary/aromatic N) is 2. The summed E-state index contributed by atoms with van der Waals surface area (Å²) in [4.78, 5) is 13.2. The fourth-order valence-electron chi connectivity index (χ4n) is 1.88. The Morgan fingerprint density at radius 1 is 1.29 bits per heavy atom. The van der Waals surface area contributed by atoms with Gasteiger partial charge in [0.05, 0.1) is 15.4 Å². The molecule has 17 heavy (non-hydrogen) atoms.